The Morgan fingerprint density at radius 1 is 1.21 bits per heavy atom. The highest BCUT2D eigenvalue weighted by atomic mass is 16.3. The normalized spacial score (nSPS) is 24.0. The molecule has 1 N–H and O–H groups in total. The molecule has 4 heteroatoms. The smallest absolute Gasteiger partial charge is 0.254 e. The zero-order chi connectivity index (χ0) is 13.2. The Balaban J connectivity index is 1.75. The van der Waals surface area contributed by atoms with Crippen molar-refractivity contribution >= 4 is 5.91 Å². The Morgan fingerprint density at radius 2 is 2.05 bits per heavy atom. The zero-order valence-corrected chi connectivity index (χ0v) is 11.1. The number of benzene rings is 1. The molecule has 1 aromatic rings. The van der Waals surface area contributed by atoms with E-state index in [0.29, 0.717) is 11.6 Å². The predicted octanol–water partition coefficient (Wildman–Crippen LogP) is 1.70. The van der Waals surface area contributed by atoms with E-state index < -0.39 is 0 Å². The fraction of sp³-hybridized carbons (Fsp3) is 0.533. The average Bonchev–Trinajstić information content (AvgIpc) is 2.75. The van der Waals surface area contributed by atoms with Crippen LogP contribution in [0.4, 0.5) is 0 Å². The summed E-state index contributed by atoms with van der Waals surface area (Å²) in [7, 11) is 0. The molecule has 1 atom stereocenters. The molecule has 4 nitrogen and oxygen atoms in total. The van der Waals surface area contributed by atoms with Crippen molar-refractivity contribution in [3.8, 4) is 5.75 Å². The van der Waals surface area contributed by atoms with Gasteiger partial charge in [0.15, 0.2) is 0 Å². The van der Waals surface area contributed by atoms with E-state index in [2.05, 4.69) is 4.90 Å². The summed E-state index contributed by atoms with van der Waals surface area (Å²) >= 11 is 0. The third-order valence-electron chi connectivity index (χ3n) is 4.18. The molecule has 2 heterocycles. The molecule has 0 spiro atoms. The van der Waals surface area contributed by atoms with Gasteiger partial charge in [0.05, 0.1) is 0 Å². The molecule has 19 heavy (non-hydrogen) atoms. The molecule has 2 aliphatic heterocycles. The molecule has 0 aromatic heterocycles. The van der Waals surface area contributed by atoms with Crippen LogP contribution in [0.25, 0.3) is 0 Å². The largest absolute Gasteiger partial charge is 0.508 e. The highest BCUT2D eigenvalue weighted by molar-refractivity contribution is 5.94. The number of carbonyl (C=O) groups excluding carboxylic acids is 1. The summed E-state index contributed by atoms with van der Waals surface area (Å²) in [4.78, 5) is 16.9. The fourth-order valence-corrected chi connectivity index (χ4v) is 3.21. The number of phenolic OH excluding ortho intramolecular Hbond substituents is 1. The van der Waals surface area contributed by atoms with Crippen molar-refractivity contribution < 1.29 is 9.90 Å². The van der Waals surface area contributed by atoms with Crippen molar-refractivity contribution in [2.45, 2.75) is 25.3 Å². The van der Waals surface area contributed by atoms with Gasteiger partial charge >= 0.3 is 0 Å². The molecule has 1 amide bonds. The summed E-state index contributed by atoms with van der Waals surface area (Å²) in [5.41, 5.74) is 0.589. The van der Waals surface area contributed by atoms with Crippen LogP contribution in [-0.4, -0.2) is 53.0 Å². The van der Waals surface area contributed by atoms with Crippen molar-refractivity contribution in [2.24, 2.45) is 0 Å². The quantitative estimate of drug-likeness (QED) is 0.836. The van der Waals surface area contributed by atoms with Crippen LogP contribution in [0.3, 0.4) is 0 Å². The maximum atomic E-state index is 12.5. The Kier molecular flexibility index (Phi) is 3.42. The van der Waals surface area contributed by atoms with Crippen LogP contribution < -0.4 is 0 Å². The van der Waals surface area contributed by atoms with Gasteiger partial charge in [-0.05, 0) is 44.0 Å². The van der Waals surface area contributed by atoms with Gasteiger partial charge in [-0.25, -0.2) is 0 Å². The molecule has 2 aliphatic rings. The molecule has 1 unspecified atom stereocenters. The summed E-state index contributed by atoms with van der Waals surface area (Å²) in [5.74, 6) is 0.202. The van der Waals surface area contributed by atoms with E-state index in [9.17, 15) is 9.90 Å². The molecular weight excluding hydrogens is 240 g/mol. The number of aromatic hydroxyl groups is 1. The third-order valence-corrected chi connectivity index (χ3v) is 4.18. The first-order valence-electron chi connectivity index (χ1n) is 7.06. The Morgan fingerprint density at radius 3 is 2.89 bits per heavy atom. The maximum absolute atomic E-state index is 12.5. The summed E-state index contributed by atoms with van der Waals surface area (Å²) in [5, 5.41) is 9.49. The number of hydrogen-bond acceptors (Lipinski definition) is 3. The number of carbonyl (C=O) groups is 1. The van der Waals surface area contributed by atoms with Gasteiger partial charge in [-0.1, -0.05) is 6.07 Å². The van der Waals surface area contributed by atoms with Crippen LogP contribution in [0, 0.1) is 0 Å². The van der Waals surface area contributed by atoms with Crippen LogP contribution >= 0.6 is 0 Å². The SMILES string of the molecule is O=C(c1cccc(O)c1)N1CCCN2CCCC2C1. The van der Waals surface area contributed by atoms with Crippen LogP contribution in [0.1, 0.15) is 29.6 Å². The summed E-state index contributed by atoms with van der Waals surface area (Å²) in [6, 6.07) is 7.18. The van der Waals surface area contributed by atoms with E-state index in [0.717, 1.165) is 26.1 Å². The topological polar surface area (TPSA) is 43.8 Å². The van der Waals surface area contributed by atoms with Gasteiger partial charge in [-0.3, -0.25) is 9.69 Å². The molecule has 2 fully saturated rings. The van der Waals surface area contributed by atoms with E-state index in [1.54, 1.807) is 24.3 Å². The van der Waals surface area contributed by atoms with Crippen LogP contribution in [-0.2, 0) is 0 Å². The first-order chi connectivity index (χ1) is 9.24. The summed E-state index contributed by atoms with van der Waals surface area (Å²) in [6.45, 7) is 3.93. The monoisotopic (exact) mass is 260 g/mol. The maximum Gasteiger partial charge on any atom is 0.254 e. The molecule has 0 radical (unpaired) electrons. The van der Waals surface area contributed by atoms with Gasteiger partial charge in [0.1, 0.15) is 5.75 Å². The summed E-state index contributed by atoms with van der Waals surface area (Å²) < 4.78 is 0. The first-order valence-corrected chi connectivity index (χ1v) is 7.06. The van der Waals surface area contributed by atoms with Gasteiger partial charge in [-0.15, -0.1) is 0 Å². The van der Waals surface area contributed by atoms with Gasteiger partial charge in [0, 0.05) is 31.2 Å². The predicted molar refractivity (Wildman–Crippen MR) is 73.2 cm³/mol. The molecular formula is C15H20N2O2. The van der Waals surface area contributed by atoms with Gasteiger partial charge < -0.3 is 10.0 Å². The molecule has 0 aliphatic carbocycles. The number of phenols is 1. The van der Waals surface area contributed by atoms with Crippen molar-refractivity contribution in [2.75, 3.05) is 26.2 Å². The standard InChI is InChI=1S/C15H20N2O2/c18-14-6-1-4-12(10-14)15(19)17-9-3-8-16-7-2-5-13(16)11-17/h1,4,6,10,13,18H,2-3,5,7-9,11H2. The van der Waals surface area contributed by atoms with Gasteiger partial charge in [0.2, 0.25) is 0 Å². The lowest BCUT2D eigenvalue weighted by atomic mass is 10.1. The van der Waals surface area contributed by atoms with E-state index in [1.165, 1.54) is 19.4 Å². The van der Waals surface area contributed by atoms with Gasteiger partial charge in [0.25, 0.3) is 5.91 Å². The second-order valence-corrected chi connectivity index (χ2v) is 5.49. The summed E-state index contributed by atoms with van der Waals surface area (Å²) in [6.07, 6.45) is 3.49. The van der Waals surface area contributed by atoms with Crippen molar-refractivity contribution in [3.05, 3.63) is 29.8 Å². The Hall–Kier alpha value is -1.55. The molecule has 0 saturated carbocycles. The molecule has 0 bridgehead atoms. The van der Waals surface area contributed by atoms with Gasteiger partial charge in [-0.2, -0.15) is 0 Å². The number of fused-ring (bicyclic) bond motifs is 1. The minimum Gasteiger partial charge on any atom is -0.508 e. The third kappa shape index (κ3) is 2.59. The van der Waals surface area contributed by atoms with Crippen LogP contribution in [0.5, 0.6) is 5.75 Å². The average molecular weight is 260 g/mol. The minimum absolute atomic E-state index is 0.0460. The Labute approximate surface area is 113 Å². The van der Waals surface area contributed by atoms with E-state index in [-0.39, 0.29) is 11.7 Å². The number of rotatable bonds is 1. The van der Waals surface area contributed by atoms with Crippen molar-refractivity contribution in [1.82, 2.24) is 9.80 Å². The molecule has 1 aromatic carbocycles. The Bertz CT molecular complexity index is 475. The van der Waals surface area contributed by atoms with Crippen LogP contribution in [0.2, 0.25) is 0 Å². The number of amides is 1. The van der Waals surface area contributed by atoms with Crippen molar-refractivity contribution in [1.29, 1.82) is 0 Å². The number of hydrogen-bond donors (Lipinski definition) is 1. The second-order valence-electron chi connectivity index (χ2n) is 5.49. The van der Waals surface area contributed by atoms with Crippen LogP contribution in [0.15, 0.2) is 24.3 Å². The van der Waals surface area contributed by atoms with E-state index in [1.807, 2.05) is 4.90 Å². The zero-order valence-electron chi connectivity index (χ0n) is 11.1. The number of nitrogens with zero attached hydrogens (tertiary/aromatic N) is 2. The lowest BCUT2D eigenvalue weighted by molar-refractivity contribution is 0.0743. The van der Waals surface area contributed by atoms with Crippen molar-refractivity contribution in [3.63, 3.8) is 0 Å². The minimum atomic E-state index is 0.0460. The highest BCUT2D eigenvalue weighted by Crippen LogP contribution is 2.22. The fourth-order valence-electron chi connectivity index (χ4n) is 3.21. The molecule has 102 valence electrons. The first kappa shape index (κ1) is 12.5. The van der Waals surface area contributed by atoms with E-state index in [4.69, 9.17) is 0 Å². The highest BCUT2D eigenvalue weighted by Gasteiger charge is 2.30. The second kappa shape index (κ2) is 5.21. The lowest BCUT2D eigenvalue weighted by Crippen LogP contribution is -2.39. The molecule has 3 rings (SSSR count). The van der Waals surface area contributed by atoms with E-state index >= 15 is 0 Å². The lowest BCUT2D eigenvalue weighted by Gasteiger charge is -2.25. The molecule has 2 saturated heterocycles.